The van der Waals surface area contributed by atoms with E-state index in [1.165, 1.54) is 31.3 Å². The van der Waals surface area contributed by atoms with Crippen molar-refractivity contribution in [2.45, 2.75) is 38.9 Å². The molecule has 28 heavy (non-hydrogen) atoms. The number of fused-ring (bicyclic) bond motifs is 3. The van der Waals surface area contributed by atoms with Gasteiger partial charge in [-0.05, 0) is 44.9 Å². The van der Waals surface area contributed by atoms with Crippen molar-refractivity contribution < 1.29 is 9.76 Å². The predicted molar refractivity (Wildman–Crippen MR) is 123 cm³/mol. The normalized spacial score (nSPS) is 12.6. The molecule has 2 nitrogen and oxygen atoms in total. The zero-order valence-corrected chi connectivity index (χ0v) is 17.6. The van der Waals surface area contributed by atoms with Gasteiger partial charge >= 0.3 is 7.48 Å². The van der Waals surface area contributed by atoms with Crippen LogP contribution in [0.1, 0.15) is 27.7 Å². The third kappa shape index (κ3) is 3.48. The molecule has 4 rings (SSSR count). The lowest BCUT2D eigenvalue weighted by molar-refractivity contribution is -0.0893. The molecule has 0 atom stereocenters. The quantitative estimate of drug-likeness (QED) is 0.473. The molecular formula is C24H25BO2S. The predicted octanol–water partition coefficient (Wildman–Crippen LogP) is 5.26. The summed E-state index contributed by atoms with van der Waals surface area (Å²) in [6.45, 7) is 7.40. The number of rotatable bonds is 5. The van der Waals surface area contributed by atoms with Crippen molar-refractivity contribution in [3.63, 3.8) is 0 Å². The zero-order valence-electron chi connectivity index (χ0n) is 16.8. The Morgan fingerprint density at radius 2 is 1.50 bits per heavy atom. The second kappa shape index (κ2) is 7.04. The SMILES string of the molecule is CC(C)(O)C(C)(C)OBc1ccc(-c2cccc3c2sc2ccccc23)cc1. The Morgan fingerprint density at radius 1 is 0.821 bits per heavy atom. The Bertz CT molecular complexity index is 1120. The van der Waals surface area contributed by atoms with Crippen LogP contribution >= 0.6 is 11.3 Å². The van der Waals surface area contributed by atoms with E-state index in [-0.39, 0.29) is 0 Å². The molecular weight excluding hydrogens is 363 g/mol. The largest absolute Gasteiger partial charge is 0.427 e. The Balaban J connectivity index is 1.63. The van der Waals surface area contributed by atoms with Gasteiger partial charge in [0.15, 0.2) is 0 Å². The Hall–Kier alpha value is -2.14. The fraction of sp³-hybridized carbons (Fsp3) is 0.250. The van der Waals surface area contributed by atoms with Crippen molar-refractivity contribution in [2.24, 2.45) is 0 Å². The number of thiophene rings is 1. The van der Waals surface area contributed by atoms with Crippen LogP contribution in [0.25, 0.3) is 31.3 Å². The highest BCUT2D eigenvalue weighted by atomic mass is 32.1. The molecule has 4 heteroatoms. The lowest BCUT2D eigenvalue weighted by atomic mass is 9.82. The van der Waals surface area contributed by atoms with E-state index in [1.807, 2.05) is 25.2 Å². The van der Waals surface area contributed by atoms with E-state index in [1.54, 1.807) is 13.8 Å². The molecule has 0 saturated carbocycles. The molecule has 0 saturated heterocycles. The molecule has 0 amide bonds. The van der Waals surface area contributed by atoms with Crippen molar-refractivity contribution in [1.82, 2.24) is 0 Å². The monoisotopic (exact) mass is 388 g/mol. The molecule has 1 N–H and O–H groups in total. The summed E-state index contributed by atoms with van der Waals surface area (Å²) in [5, 5.41) is 12.9. The average Bonchev–Trinajstić information content (AvgIpc) is 3.05. The summed E-state index contributed by atoms with van der Waals surface area (Å²) in [5.41, 5.74) is 2.06. The summed E-state index contributed by atoms with van der Waals surface area (Å²) in [4.78, 5) is 0. The first-order chi connectivity index (χ1) is 13.3. The molecule has 4 aromatic rings. The molecule has 0 aliphatic carbocycles. The third-order valence-electron chi connectivity index (χ3n) is 5.74. The molecule has 0 aliphatic rings. The van der Waals surface area contributed by atoms with Crippen LogP contribution in [0, 0.1) is 0 Å². The highest BCUT2D eigenvalue weighted by molar-refractivity contribution is 7.26. The maximum atomic E-state index is 10.3. The van der Waals surface area contributed by atoms with Gasteiger partial charge in [0.1, 0.15) is 0 Å². The van der Waals surface area contributed by atoms with Gasteiger partial charge in [0.25, 0.3) is 0 Å². The Labute approximate surface area is 171 Å². The minimum atomic E-state index is -0.899. The fourth-order valence-electron chi connectivity index (χ4n) is 3.20. The van der Waals surface area contributed by atoms with Gasteiger partial charge < -0.3 is 9.76 Å². The molecule has 0 aliphatic heterocycles. The van der Waals surface area contributed by atoms with Crippen molar-refractivity contribution in [3.8, 4) is 11.1 Å². The minimum absolute atomic E-state index is 0.477. The highest BCUT2D eigenvalue weighted by Crippen LogP contribution is 2.39. The summed E-state index contributed by atoms with van der Waals surface area (Å²) in [5.74, 6) is 0. The van der Waals surface area contributed by atoms with Crippen LogP contribution in [0.2, 0.25) is 0 Å². The van der Waals surface area contributed by atoms with Crippen LogP contribution in [-0.2, 0) is 4.65 Å². The minimum Gasteiger partial charge on any atom is -0.427 e. The fourth-order valence-corrected chi connectivity index (χ4v) is 4.43. The summed E-state index contributed by atoms with van der Waals surface area (Å²) >= 11 is 1.85. The first kappa shape index (κ1) is 19.2. The summed E-state index contributed by atoms with van der Waals surface area (Å²) < 4.78 is 8.64. The second-order valence-electron chi connectivity index (χ2n) is 8.34. The van der Waals surface area contributed by atoms with Crippen LogP contribution < -0.4 is 5.46 Å². The van der Waals surface area contributed by atoms with Crippen molar-refractivity contribution in [2.75, 3.05) is 0 Å². The lowest BCUT2D eigenvalue weighted by Gasteiger charge is -2.37. The number of hydrogen-bond acceptors (Lipinski definition) is 3. The average molecular weight is 388 g/mol. The summed E-state index contributed by atoms with van der Waals surface area (Å²) in [7, 11) is 0.477. The van der Waals surface area contributed by atoms with Crippen molar-refractivity contribution in [3.05, 3.63) is 66.7 Å². The van der Waals surface area contributed by atoms with Crippen LogP contribution in [-0.4, -0.2) is 23.8 Å². The lowest BCUT2D eigenvalue weighted by Crippen LogP contribution is -2.49. The van der Waals surface area contributed by atoms with Crippen molar-refractivity contribution >= 4 is 44.5 Å². The van der Waals surface area contributed by atoms with Crippen LogP contribution in [0.15, 0.2) is 66.7 Å². The Morgan fingerprint density at radius 3 is 2.21 bits per heavy atom. The van der Waals surface area contributed by atoms with E-state index < -0.39 is 11.2 Å². The first-order valence-corrected chi connectivity index (χ1v) is 10.4. The molecule has 3 aromatic carbocycles. The maximum Gasteiger partial charge on any atom is 0.309 e. The van der Waals surface area contributed by atoms with E-state index in [0.29, 0.717) is 7.48 Å². The van der Waals surface area contributed by atoms with Gasteiger partial charge in [-0.25, -0.2) is 0 Å². The number of benzene rings is 3. The molecule has 0 spiro atoms. The smallest absolute Gasteiger partial charge is 0.309 e. The number of aliphatic hydroxyl groups is 1. The highest BCUT2D eigenvalue weighted by Gasteiger charge is 2.35. The van der Waals surface area contributed by atoms with Gasteiger partial charge in [-0.1, -0.05) is 66.1 Å². The topological polar surface area (TPSA) is 29.5 Å². The standard InChI is InChI=1S/C24H25BO2S/c1-23(2,26)24(3,4)27-25-17-14-12-16(13-15-17)18-9-7-10-20-19-8-5-6-11-21(19)28-22(18)20/h5-15,25-26H,1-4H3. The third-order valence-corrected chi connectivity index (χ3v) is 6.96. The molecule has 0 unspecified atom stereocenters. The number of hydrogen-bond donors (Lipinski definition) is 1. The van der Waals surface area contributed by atoms with Gasteiger partial charge in [0.2, 0.25) is 0 Å². The van der Waals surface area contributed by atoms with E-state index >= 15 is 0 Å². The molecule has 142 valence electrons. The van der Waals surface area contributed by atoms with E-state index in [0.717, 1.165) is 5.46 Å². The molecule has 1 heterocycles. The molecule has 0 fully saturated rings. The van der Waals surface area contributed by atoms with Gasteiger partial charge in [-0.3, -0.25) is 0 Å². The summed E-state index contributed by atoms with van der Waals surface area (Å²) in [6, 6.07) is 23.7. The van der Waals surface area contributed by atoms with Crippen molar-refractivity contribution in [1.29, 1.82) is 0 Å². The second-order valence-corrected chi connectivity index (χ2v) is 9.39. The van der Waals surface area contributed by atoms with E-state index in [4.69, 9.17) is 4.65 Å². The molecule has 1 aromatic heterocycles. The van der Waals surface area contributed by atoms with E-state index in [2.05, 4.69) is 66.7 Å². The zero-order chi connectivity index (χ0) is 19.9. The van der Waals surface area contributed by atoms with Gasteiger partial charge in [0, 0.05) is 20.2 Å². The van der Waals surface area contributed by atoms with Crippen LogP contribution in [0.5, 0.6) is 0 Å². The van der Waals surface area contributed by atoms with Crippen LogP contribution in [0.4, 0.5) is 0 Å². The molecule has 0 radical (unpaired) electrons. The van der Waals surface area contributed by atoms with Gasteiger partial charge in [0.05, 0.1) is 11.2 Å². The van der Waals surface area contributed by atoms with Crippen LogP contribution in [0.3, 0.4) is 0 Å². The molecule has 0 bridgehead atoms. The van der Waals surface area contributed by atoms with Gasteiger partial charge in [-0.2, -0.15) is 0 Å². The summed E-state index contributed by atoms with van der Waals surface area (Å²) in [6.07, 6.45) is 0. The maximum absolute atomic E-state index is 10.3. The Kier molecular flexibility index (Phi) is 4.82. The first-order valence-electron chi connectivity index (χ1n) is 9.62. The van der Waals surface area contributed by atoms with E-state index in [9.17, 15) is 5.11 Å². The van der Waals surface area contributed by atoms with Gasteiger partial charge in [-0.15, -0.1) is 11.3 Å².